The van der Waals surface area contributed by atoms with Gasteiger partial charge in [-0.05, 0) is 36.2 Å². The number of aromatic nitrogens is 5. The van der Waals surface area contributed by atoms with Crippen LogP contribution < -0.4 is 5.56 Å². The highest BCUT2D eigenvalue weighted by Crippen LogP contribution is 2.28. The molecular weight excluding hydrogens is 475 g/mol. The maximum Gasteiger partial charge on any atom is 0.262 e. The molecule has 2 heterocycles. The molecule has 5 aromatic rings. The number of hydrogen-bond donors (Lipinski definition) is 0. The van der Waals surface area contributed by atoms with Crippen molar-refractivity contribution in [3.05, 3.63) is 106 Å². The third-order valence-electron chi connectivity index (χ3n) is 5.80. The lowest BCUT2D eigenvalue weighted by Crippen LogP contribution is -2.24. The Morgan fingerprint density at radius 1 is 0.917 bits per heavy atom. The largest absolute Gasteiger partial charge is 0.302 e. The Kier molecular flexibility index (Phi) is 6.87. The third-order valence-corrected chi connectivity index (χ3v) is 6.76. The van der Waals surface area contributed by atoms with E-state index in [1.807, 2.05) is 47.0 Å². The van der Waals surface area contributed by atoms with Crippen molar-refractivity contribution in [2.75, 3.05) is 0 Å². The first-order valence-electron chi connectivity index (χ1n) is 11.4. The topological polar surface area (TPSA) is 89.4 Å². The van der Waals surface area contributed by atoms with Gasteiger partial charge < -0.3 is 4.57 Å². The zero-order valence-corrected chi connectivity index (χ0v) is 20.0. The Balaban J connectivity index is 1.50. The fourth-order valence-electron chi connectivity index (χ4n) is 4.01. The summed E-state index contributed by atoms with van der Waals surface area (Å²) >= 11 is 1.35. The van der Waals surface area contributed by atoms with Crippen LogP contribution in [0.4, 0.5) is 4.39 Å². The first kappa shape index (κ1) is 23.5. The Morgan fingerprint density at radius 3 is 2.47 bits per heavy atom. The van der Waals surface area contributed by atoms with Gasteiger partial charge in [0.1, 0.15) is 18.2 Å². The van der Waals surface area contributed by atoms with Crippen molar-refractivity contribution in [1.29, 1.82) is 5.26 Å². The summed E-state index contributed by atoms with van der Waals surface area (Å²) in [5.41, 5.74) is 1.83. The van der Waals surface area contributed by atoms with Gasteiger partial charge in [0.25, 0.3) is 5.56 Å². The monoisotopic (exact) mass is 496 g/mol. The number of benzene rings is 3. The normalized spacial score (nSPS) is 11.0. The maximum absolute atomic E-state index is 14.6. The number of halogens is 1. The van der Waals surface area contributed by atoms with Crippen LogP contribution in [0, 0.1) is 17.1 Å². The van der Waals surface area contributed by atoms with E-state index >= 15 is 0 Å². The minimum atomic E-state index is -0.374. The molecule has 7 nitrogen and oxygen atoms in total. The Labute approximate surface area is 210 Å². The second-order valence-electron chi connectivity index (χ2n) is 8.06. The zero-order valence-electron chi connectivity index (χ0n) is 19.2. The van der Waals surface area contributed by atoms with Crippen LogP contribution in [-0.4, -0.2) is 24.3 Å². The molecule has 0 aliphatic heterocycles. The molecule has 0 amide bonds. The van der Waals surface area contributed by atoms with E-state index in [-0.39, 0.29) is 17.9 Å². The lowest BCUT2D eigenvalue weighted by Gasteiger charge is -2.13. The molecule has 0 aliphatic rings. The molecule has 0 unspecified atom stereocenters. The van der Waals surface area contributed by atoms with Crippen LogP contribution in [0.1, 0.15) is 11.4 Å². The van der Waals surface area contributed by atoms with E-state index in [0.717, 1.165) is 5.56 Å². The van der Waals surface area contributed by atoms with Gasteiger partial charge >= 0.3 is 0 Å². The van der Waals surface area contributed by atoms with Crippen molar-refractivity contribution in [1.82, 2.24) is 24.3 Å². The minimum absolute atomic E-state index is 0.103. The van der Waals surface area contributed by atoms with Gasteiger partial charge in [-0.3, -0.25) is 9.36 Å². The predicted molar refractivity (Wildman–Crippen MR) is 137 cm³/mol. The molecule has 0 N–H and O–H groups in total. The fraction of sp³-hybridized carbons (Fsp3) is 0.148. The molecule has 0 bridgehead atoms. The SMILES string of the molecule is N#CCn1c(CSc2nnc(-c3ccccc3F)n2CCc2ccccc2)nc2ccccc2c1=O. The number of thioether (sulfide) groups is 1. The van der Waals surface area contributed by atoms with Crippen molar-refractivity contribution < 1.29 is 4.39 Å². The second-order valence-corrected chi connectivity index (χ2v) is 9.00. The molecule has 0 radical (unpaired) electrons. The Hall–Kier alpha value is -4.29. The average molecular weight is 497 g/mol. The first-order chi connectivity index (χ1) is 17.7. The summed E-state index contributed by atoms with van der Waals surface area (Å²) in [5, 5.41) is 19.0. The molecule has 2 aromatic heterocycles. The first-order valence-corrected chi connectivity index (χ1v) is 12.3. The fourth-order valence-corrected chi connectivity index (χ4v) is 4.92. The van der Waals surface area contributed by atoms with E-state index in [4.69, 9.17) is 0 Å². The van der Waals surface area contributed by atoms with E-state index in [1.54, 1.807) is 36.4 Å². The molecular formula is C27H21FN6OS. The van der Waals surface area contributed by atoms with E-state index in [2.05, 4.69) is 15.2 Å². The van der Waals surface area contributed by atoms with E-state index < -0.39 is 0 Å². The average Bonchev–Trinajstić information content (AvgIpc) is 3.31. The van der Waals surface area contributed by atoms with E-state index in [9.17, 15) is 14.4 Å². The molecule has 3 aromatic carbocycles. The predicted octanol–water partition coefficient (Wildman–Crippen LogP) is 4.85. The summed E-state index contributed by atoms with van der Waals surface area (Å²) < 4.78 is 17.9. The second kappa shape index (κ2) is 10.5. The molecule has 5 rings (SSSR count). The van der Waals surface area contributed by atoms with Crippen LogP contribution in [0.3, 0.4) is 0 Å². The number of rotatable bonds is 8. The number of nitriles is 1. The summed E-state index contributed by atoms with van der Waals surface area (Å²) in [5.74, 6) is 0.826. The molecule has 178 valence electrons. The summed E-state index contributed by atoms with van der Waals surface area (Å²) in [6, 6.07) is 25.6. The van der Waals surface area contributed by atoms with Gasteiger partial charge in [0.2, 0.25) is 0 Å². The van der Waals surface area contributed by atoms with Gasteiger partial charge in [-0.15, -0.1) is 10.2 Å². The van der Waals surface area contributed by atoms with Gasteiger partial charge in [0.05, 0.1) is 28.3 Å². The highest BCUT2D eigenvalue weighted by atomic mass is 32.2. The minimum Gasteiger partial charge on any atom is -0.302 e. The zero-order chi connectivity index (χ0) is 24.9. The number of hydrogen-bond acceptors (Lipinski definition) is 6. The molecule has 0 fully saturated rings. The highest BCUT2D eigenvalue weighted by Gasteiger charge is 2.19. The van der Waals surface area contributed by atoms with Gasteiger partial charge in [-0.25, -0.2) is 9.37 Å². The molecule has 0 aliphatic carbocycles. The third kappa shape index (κ3) is 4.76. The Morgan fingerprint density at radius 2 is 1.67 bits per heavy atom. The van der Waals surface area contributed by atoms with Crippen molar-refractivity contribution in [2.24, 2.45) is 0 Å². The number of para-hydroxylation sites is 1. The maximum atomic E-state index is 14.6. The van der Waals surface area contributed by atoms with Crippen molar-refractivity contribution >= 4 is 22.7 Å². The summed E-state index contributed by atoms with van der Waals surface area (Å²) in [6.07, 6.45) is 0.710. The van der Waals surface area contributed by atoms with Crippen molar-refractivity contribution in [3.8, 4) is 17.5 Å². The van der Waals surface area contributed by atoms with Crippen LogP contribution >= 0.6 is 11.8 Å². The summed E-state index contributed by atoms with van der Waals surface area (Å²) in [4.78, 5) is 17.6. The molecule has 36 heavy (non-hydrogen) atoms. The number of fused-ring (bicyclic) bond motifs is 1. The number of nitrogens with zero attached hydrogens (tertiary/aromatic N) is 6. The Bertz CT molecular complexity index is 1620. The van der Waals surface area contributed by atoms with Crippen LogP contribution in [0.25, 0.3) is 22.3 Å². The smallest absolute Gasteiger partial charge is 0.262 e. The highest BCUT2D eigenvalue weighted by molar-refractivity contribution is 7.98. The van der Waals surface area contributed by atoms with Crippen LogP contribution in [0.15, 0.2) is 88.8 Å². The van der Waals surface area contributed by atoms with E-state index in [1.165, 1.54) is 22.4 Å². The molecule has 0 saturated carbocycles. The van der Waals surface area contributed by atoms with Gasteiger partial charge in [-0.1, -0.05) is 66.4 Å². The number of aryl methyl sites for hydroxylation is 1. The van der Waals surface area contributed by atoms with Gasteiger partial charge in [-0.2, -0.15) is 5.26 Å². The summed E-state index contributed by atoms with van der Waals surface area (Å²) in [7, 11) is 0. The lowest BCUT2D eigenvalue weighted by molar-refractivity contribution is 0.615. The standard InChI is InChI=1S/C27H21FN6OS/c28-22-12-6-4-10-20(22)25-31-32-27(34(25)16-14-19-8-2-1-3-9-19)36-18-24-30-23-13-7-5-11-21(23)26(35)33(24)17-15-29/h1-13H,14,16-18H2. The molecule has 0 spiro atoms. The van der Waals surface area contributed by atoms with Crippen LogP contribution in [0.5, 0.6) is 0 Å². The quantitative estimate of drug-likeness (QED) is 0.285. The molecule has 0 atom stereocenters. The van der Waals surface area contributed by atoms with Crippen molar-refractivity contribution in [2.45, 2.75) is 30.4 Å². The van der Waals surface area contributed by atoms with E-state index in [0.29, 0.717) is 52.0 Å². The van der Waals surface area contributed by atoms with Gasteiger partial charge in [0.15, 0.2) is 11.0 Å². The molecule has 9 heteroatoms. The van der Waals surface area contributed by atoms with Crippen LogP contribution in [-0.2, 0) is 25.3 Å². The molecule has 0 saturated heterocycles. The lowest BCUT2D eigenvalue weighted by atomic mass is 10.1. The van der Waals surface area contributed by atoms with Crippen LogP contribution in [0.2, 0.25) is 0 Å². The van der Waals surface area contributed by atoms with Crippen molar-refractivity contribution in [3.63, 3.8) is 0 Å². The van der Waals surface area contributed by atoms with Gasteiger partial charge in [0, 0.05) is 6.54 Å². The summed E-state index contributed by atoms with van der Waals surface area (Å²) in [6.45, 7) is 0.437.